The summed E-state index contributed by atoms with van der Waals surface area (Å²) in [5.74, 6) is 0.274. The Morgan fingerprint density at radius 3 is 1.97 bits per heavy atom. The van der Waals surface area contributed by atoms with Gasteiger partial charge in [-0.2, -0.15) is 0 Å². The van der Waals surface area contributed by atoms with Crippen LogP contribution in [0, 0.1) is 0 Å². The summed E-state index contributed by atoms with van der Waals surface area (Å²) in [4.78, 5) is 12.3. The maximum absolute atomic E-state index is 12.5. The lowest BCUT2D eigenvalue weighted by atomic mass is 10.0. The van der Waals surface area contributed by atoms with E-state index in [0.29, 0.717) is 11.6 Å². The number of carbonyl (C=O) groups is 1. The van der Waals surface area contributed by atoms with Crippen molar-refractivity contribution in [2.45, 2.75) is 31.1 Å². The number of rotatable bonds is 7. The molecule has 3 aromatic carbocycles. The van der Waals surface area contributed by atoms with E-state index in [0.717, 1.165) is 11.3 Å². The minimum absolute atomic E-state index is 0.0306. The van der Waals surface area contributed by atoms with Crippen molar-refractivity contribution in [1.29, 1.82) is 0 Å². The number of hydrogen-bond acceptors (Lipinski definition) is 3. The van der Waals surface area contributed by atoms with Crippen LogP contribution in [0.2, 0.25) is 10.0 Å². The van der Waals surface area contributed by atoms with Crippen LogP contribution >= 0.6 is 23.2 Å². The normalized spacial score (nSPS) is 11.4. The Labute approximate surface area is 192 Å². The first-order valence-corrected chi connectivity index (χ1v) is 11.8. The molecule has 5 nitrogen and oxygen atoms in total. The Kier molecular flexibility index (Phi) is 7.26. The molecule has 162 valence electrons. The Morgan fingerprint density at radius 1 is 0.871 bits per heavy atom. The van der Waals surface area contributed by atoms with Crippen LogP contribution in [0.4, 0.5) is 11.4 Å². The van der Waals surface area contributed by atoms with Gasteiger partial charge in [-0.3, -0.25) is 9.52 Å². The fraction of sp³-hybridized carbons (Fsp3) is 0.174. The average Bonchev–Trinajstić information content (AvgIpc) is 2.69. The van der Waals surface area contributed by atoms with Crippen molar-refractivity contribution >= 4 is 50.5 Å². The van der Waals surface area contributed by atoms with Crippen LogP contribution in [0.1, 0.15) is 30.9 Å². The highest BCUT2D eigenvalue weighted by molar-refractivity contribution is 7.92. The molecular weight excluding hydrogens is 455 g/mol. The number of benzene rings is 3. The van der Waals surface area contributed by atoms with Crippen molar-refractivity contribution in [3.8, 4) is 0 Å². The number of carbonyl (C=O) groups excluding carboxylic acids is 1. The van der Waals surface area contributed by atoms with Crippen molar-refractivity contribution in [3.05, 3.63) is 87.9 Å². The molecule has 3 rings (SSSR count). The molecule has 0 spiro atoms. The van der Waals surface area contributed by atoms with Crippen molar-refractivity contribution in [2.75, 3.05) is 10.0 Å². The zero-order valence-electron chi connectivity index (χ0n) is 17.0. The fourth-order valence-corrected chi connectivity index (χ4v) is 4.71. The van der Waals surface area contributed by atoms with E-state index in [2.05, 4.69) is 23.9 Å². The van der Waals surface area contributed by atoms with E-state index < -0.39 is 10.0 Å². The molecule has 0 aliphatic carbocycles. The van der Waals surface area contributed by atoms with E-state index in [1.807, 2.05) is 24.3 Å². The van der Waals surface area contributed by atoms with Gasteiger partial charge >= 0.3 is 0 Å². The lowest BCUT2D eigenvalue weighted by Crippen LogP contribution is -2.15. The highest BCUT2D eigenvalue weighted by atomic mass is 35.5. The van der Waals surface area contributed by atoms with Crippen molar-refractivity contribution < 1.29 is 13.2 Å². The summed E-state index contributed by atoms with van der Waals surface area (Å²) < 4.78 is 27.6. The molecule has 0 heterocycles. The second kappa shape index (κ2) is 9.73. The topological polar surface area (TPSA) is 75.3 Å². The first-order chi connectivity index (χ1) is 14.6. The minimum atomic E-state index is -3.84. The van der Waals surface area contributed by atoms with Gasteiger partial charge in [-0.05, 0) is 59.5 Å². The maximum atomic E-state index is 12.5. The first kappa shape index (κ1) is 23.1. The van der Waals surface area contributed by atoms with E-state index in [-0.39, 0.29) is 27.3 Å². The second-order valence-electron chi connectivity index (χ2n) is 7.41. The standard InChI is InChI=1S/C23H22Cl2N2O3S/c1-15(2)17-5-9-20(10-6-17)26-23(28)11-16-3-7-21(8-4-16)27-31(29,30)22-13-18(24)12-19(25)14-22/h3-10,12-15,27H,11H2,1-2H3,(H,26,28). The molecule has 0 aliphatic heterocycles. The van der Waals surface area contributed by atoms with Gasteiger partial charge in [0.2, 0.25) is 5.91 Å². The van der Waals surface area contributed by atoms with Gasteiger partial charge in [-0.15, -0.1) is 0 Å². The largest absolute Gasteiger partial charge is 0.326 e. The molecule has 31 heavy (non-hydrogen) atoms. The van der Waals surface area contributed by atoms with E-state index in [9.17, 15) is 13.2 Å². The lowest BCUT2D eigenvalue weighted by Gasteiger charge is -2.10. The Bertz CT molecular complexity index is 1160. The third kappa shape index (κ3) is 6.47. The first-order valence-electron chi connectivity index (χ1n) is 9.60. The van der Waals surface area contributed by atoms with Crippen molar-refractivity contribution in [3.63, 3.8) is 0 Å². The molecule has 8 heteroatoms. The predicted octanol–water partition coefficient (Wildman–Crippen LogP) is 6.10. The number of anilines is 2. The monoisotopic (exact) mass is 476 g/mol. The zero-order valence-corrected chi connectivity index (χ0v) is 19.4. The predicted molar refractivity (Wildman–Crippen MR) is 127 cm³/mol. The zero-order chi connectivity index (χ0) is 22.6. The van der Waals surface area contributed by atoms with Gasteiger partial charge in [0.1, 0.15) is 0 Å². The molecule has 0 saturated heterocycles. The molecule has 0 aliphatic rings. The van der Waals surface area contributed by atoms with Crippen LogP contribution in [0.5, 0.6) is 0 Å². The summed E-state index contributed by atoms with van der Waals surface area (Å²) in [6.45, 7) is 4.23. The average molecular weight is 477 g/mol. The highest BCUT2D eigenvalue weighted by Crippen LogP contribution is 2.24. The highest BCUT2D eigenvalue weighted by Gasteiger charge is 2.16. The van der Waals surface area contributed by atoms with Gasteiger partial charge in [0, 0.05) is 21.4 Å². The molecule has 0 fully saturated rings. The molecule has 1 amide bonds. The number of amides is 1. The number of hydrogen-bond donors (Lipinski definition) is 2. The van der Waals surface area contributed by atoms with Gasteiger partial charge in [-0.1, -0.05) is 61.3 Å². The molecule has 0 radical (unpaired) electrons. The van der Waals surface area contributed by atoms with Crippen LogP contribution in [0.25, 0.3) is 0 Å². The summed E-state index contributed by atoms with van der Waals surface area (Å²) in [5, 5.41) is 3.33. The summed E-state index contributed by atoms with van der Waals surface area (Å²) in [5.41, 5.74) is 3.06. The molecular formula is C23H22Cl2N2O3S. The lowest BCUT2D eigenvalue weighted by molar-refractivity contribution is -0.115. The summed E-state index contributed by atoms with van der Waals surface area (Å²) in [6, 6.07) is 18.5. The van der Waals surface area contributed by atoms with Crippen molar-refractivity contribution in [2.24, 2.45) is 0 Å². The van der Waals surface area contributed by atoms with Crippen LogP contribution in [0.3, 0.4) is 0 Å². The third-order valence-electron chi connectivity index (χ3n) is 4.58. The van der Waals surface area contributed by atoms with Gasteiger partial charge in [0.15, 0.2) is 0 Å². The summed E-state index contributed by atoms with van der Waals surface area (Å²) >= 11 is 11.8. The second-order valence-corrected chi connectivity index (χ2v) is 9.96. The van der Waals surface area contributed by atoms with Crippen LogP contribution in [-0.2, 0) is 21.2 Å². The maximum Gasteiger partial charge on any atom is 0.261 e. The molecule has 0 unspecified atom stereocenters. The molecule has 0 aromatic heterocycles. The molecule has 0 saturated carbocycles. The molecule has 0 atom stereocenters. The molecule has 0 bridgehead atoms. The number of nitrogens with one attached hydrogen (secondary N) is 2. The van der Waals surface area contributed by atoms with Crippen LogP contribution in [-0.4, -0.2) is 14.3 Å². The van der Waals surface area contributed by atoms with Gasteiger partial charge in [0.05, 0.1) is 11.3 Å². The van der Waals surface area contributed by atoms with E-state index in [4.69, 9.17) is 23.2 Å². The summed E-state index contributed by atoms with van der Waals surface area (Å²) in [7, 11) is -3.84. The Balaban J connectivity index is 1.62. The fourth-order valence-electron chi connectivity index (χ4n) is 2.93. The summed E-state index contributed by atoms with van der Waals surface area (Å²) in [6.07, 6.45) is 0.170. The van der Waals surface area contributed by atoms with Crippen LogP contribution < -0.4 is 10.0 Å². The van der Waals surface area contributed by atoms with Gasteiger partial charge in [-0.25, -0.2) is 8.42 Å². The molecule has 2 N–H and O–H groups in total. The minimum Gasteiger partial charge on any atom is -0.326 e. The number of sulfonamides is 1. The third-order valence-corrected chi connectivity index (χ3v) is 6.38. The SMILES string of the molecule is CC(C)c1ccc(NC(=O)Cc2ccc(NS(=O)(=O)c3cc(Cl)cc(Cl)c3)cc2)cc1. The van der Waals surface area contributed by atoms with Crippen molar-refractivity contribution in [1.82, 2.24) is 0 Å². The van der Waals surface area contributed by atoms with Crippen LogP contribution in [0.15, 0.2) is 71.6 Å². The van der Waals surface area contributed by atoms with E-state index >= 15 is 0 Å². The van der Waals surface area contributed by atoms with E-state index in [1.54, 1.807) is 24.3 Å². The Morgan fingerprint density at radius 2 is 1.42 bits per heavy atom. The van der Waals surface area contributed by atoms with E-state index in [1.165, 1.54) is 23.8 Å². The smallest absolute Gasteiger partial charge is 0.261 e. The molecule has 3 aromatic rings. The number of halogens is 2. The van der Waals surface area contributed by atoms with Gasteiger partial charge < -0.3 is 5.32 Å². The van der Waals surface area contributed by atoms with Gasteiger partial charge in [0.25, 0.3) is 10.0 Å². The Hall–Kier alpha value is -2.54. The quantitative estimate of drug-likeness (QED) is 0.432.